The monoisotopic (exact) mass is 171 g/mol. The van der Waals surface area contributed by atoms with Crippen molar-refractivity contribution in [3.63, 3.8) is 0 Å². The minimum absolute atomic E-state index is 0.0156. The van der Waals surface area contributed by atoms with Crippen LogP contribution in [0.1, 0.15) is 6.92 Å². The molecule has 0 radical (unpaired) electrons. The number of nitrogens with one attached hydrogen (secondary N) is 1. The van der Waals surface area contributed by atoms with Crippen LogP contribution in [0.4, 0.5) is 4.39 Å². The van der Waals surface area contributed by atoms with Crippen molar-refractivity contribution >= 4 is 6.41 Å². The van der Waals surface area contributed by atoms with Gasteiger partial charge in [-0.3, -0.25) is 4.79 Å². The molecule has 0 fully saturated rings. The SMILES string of the molecule is C=C/C=C/[C@H](C)C(CF)NC=O. The Morgan fingerprint density at radius 3 is 2.75 bits per heavy atom. The second-order valence-corrected chi connectivity index (χ2v) is 2.53. The van der Waals surface area contributed by atoms with E-state index in [1.54, 1.807) is 18.2 Å². The average Bonchev–Trinajstić information content (AvgIpc) is 2.10. The van der Waals surface area contributed by atoms with Gasteiger partial charge in [0.25, 0.3) is 0 Å². The Balaban J connectivity index is 4.00. The van der Waals surface area contributed by atoms with Crippen LogP contribution in [0.15, 0.2) is 24.8 Å². The van der Waals surface area contributed by atoms with E-state index in [1.165, 1.54) is 0 Å². The van der Waals surface area contributed by atoms with Gasteiger partial charge in [0.1, 0.15) is 6.67 Å². The Hall–Kier alpha value is -1.12. The van der Waals surface area contributed by atoms with Crippen LogP contribution in [-0.2, 0) is 4.79 Å². The van der Waals surface area contributed by atoms with Crippen LogP contribution >= 0.6 is 0 Å². The number of carbonyl (C=O) groups is 1. The molecule has 2 atom stereocenters. The largest absolute Gasteiger partial charge is 0.353 e. The summed E-state index contributed by atoms with van der Waals surface area (Å²) >= 11 is 0. The van der Waals surface area contributed by atoms with Gasteiger partial charge in [-0.05, 0) is 5.92 Å². The lowest BCUT2D eigenvalue weighted by atomic mass is 10.0. The molecular formula is C9H14FNO. The highest BCUT2D eigenvalue weighted by atomic mass is 19.1. The molecule has 0 spiro atoms. The fourth-order valence-corrected chi connectivity index (χ4v) is 0.812. The zero-order valence-corrected chi connectivity index (χ0v) is 7.16. The number of hydrogen-bond donors (Lipinski definition) is 1. The lowest BCUT2D eigenvalue weighted by Crippen LogP contribution is -2.35. The van der Waals surface area contributed by atoms with Gasteiger partial charge in [-0.25, -0.2) is 4.39 Å². The molecule has 0 aliphatic rings. The van der Waals surface area contributed by atoms with Crippen molar-refractivity contribution in [2.45, 2.75) is 13.0 Å². The predicted molar refractivity (Wildman–Crippen MR) is 47.5 cm³/mol. The molecule has 0 aromatic rings. The van der Waals surface area contributed by atoms with Gasteiger partial charge in [0.05, 0.1) is 6.04 Å². The molecule has 0 saturated carbocycles. The van der Waals surface area contributed by atoms with Gasteiger partial charge < -0.3 is 5.32 Å². The van der Waals surface area contributed by atoms with E-state index in [0.29, 0.717) is 6.41 Å². The standard InChI is InChI=1S/C9H14FNO/c1-3-4-5-8(2)9(6-10)11-7-12/h3-5,7-9H,1,6H2,2H3,(H,11,12)/b5-4+/t8-,9?/m0/s1. The minimum Gasteiger partial charge on any atom is -0.353 e. The summed E-state index contributed by atoms with van der Waals surface area (Å²) in [6.45, 7) is 4.77. The molecule has 0 aromatic carbocycles. The van der Waals surface area contributed by atoms with Crippen molar-refractivity contribution in [2.24, 2.45) is 5.92 Å². The molecular weight excluding hydrogens is 157 g/mol. The first kappa shape index (κ1) is 10.9. The zero-order valence-electron chi connectivity index (χ0n) is 7.16. The first-order chi connectivity index (χ1) is 5.76. The summed E-state index contributed by atoms with van der Waals surface area (Å²) in [5.41, 5.74) is 0. The van der Waals surface area contributed by atoms with E-state index < -0.39 is 12.7 Å². The van der Waals surface area contributed by atoms with E-state index in [4.69, 9.17) is 0 Å². The summed E-state index contributed by atoms with van der Waals surface area (Å²) in [7, 11) is 0. The fraction of sp³-hybridized carbons (Fsp3) is 0.444. The van der Waals surface area contributed by atoms with Gasteiger partial charge >= 0.3 is 0 Å². The molecule has 0 saturated heterocycles. The Kier molecular flexibility index (Phi) is 5.97. The normalized spacial score (nSPS) is 15.5. The maximum absolute atomic E-state index is 12.2. The van der Waals surface area contributed by atoms with E-state index in [2.05, 4.69) is 11.9 Å². The first-order valence-electron chi connectivity index (χ1n) is 3.81. The highest BCUT2D eigenvalue weighted by molar-refractivity contribution is 5.46. The Morgan fingerprint density at radius 2 is 2.33 bits per heavy atom. The highest BCUT2D eigenvalue weighted by Gasteiger charge is 2.12. The van der Waals surface area contributed by atoms with Gasteiger partial charge in [-0.2, -0.15) is 0 Å². The highest BCUT2D eigenvalue weighted by Crippen LogP contribution is 2.04. The Morgan fingerprint density at radius 1 is 1.67 bits per heavy atom. The summed E-state index contributed by atoms with van der Waals surface area (Å²) in [5, 5.41) is 2.40. The third-order valence-corrected chi connectivity index (χ3v) is 1.63. The predicted octanol–water partition coefficient (Wildman–Crippen LogP) is 1.45. The molecule has 0 aliphatic carbocycles. The van der Waals surface area contributed by atoms with Crippen LogP contribution < -0.4 is 5.32 Å². The molecule has 0 aliphatic heterocycles. The summed E-state index contributed by atoms with van der Waals surface area (Å²) in [6.07, 6.45) is 5.67. The molecule has 12 heavy (non-hydrogen) atoms. The van der Waals surface area contributed by atoms with Crippen LogP contribution in [0.2, 0.25) is 0 Å². The number of hydrogen-bond acceptors (Lipinski definition) is 1. The second kappa shape index (κ2) is 6.58. The molecule has 1 amide bonds. The molecule has 0 heterocycles. The number of carbonyl (C=O) groups excluding carboxylic acids is 1. The lowest BCUT2D eigenvalue weighted by molar-refractivity contribution is -0.110. The van der Waals surface area contributed by atoms with E-state index in [1.807, 2.05) is 6.92 Å². The van der Waals surface area contributed by atoms with E-state index in [0.717, 1.165) is 0 Å². The van der Waals surface area contributed by atoms with Crippen molar-refractivity contribution in [2.75, 3.05) is 6.67 Å². The number of alkyl halides is 1. The van der Waals surface area contributed by atoms with Gasteiger partial charge in [0, 0.05) is 0 Å². The molecule has 68 valence electrons. The zero-order chi connectivity index (χ0) is 9.40. The van der Waals surface area contributed by atoms with Crippen LogP contribution in [0.5, 0.6) is 0 Å². The van der Waals surface area contributed by atoms with Gasteiger partial charge in [-0.15, -0.1) is 0 Å². The molecule has 2 nitrogen and oxygen atoms in total. The molecule has 3 heteroatoms. The average molecular weight is 171 g/mol. The van der Waals surface area contributed by atoms with Gasteiger partial charge in [-0.1, -0.05) is 31.7 Å². The third-order valence-electron chi connectivity index (χ3n) is 1.63. The fourth-order valence-electron chi connectivity index (χ4n) is 0.812. The molecule has 1 unspecified atom stereocenters. The molecule has 0 rings (SSSR count). The molecule has 0 bridgehead atoms. The number of amides is 1. The third kappa shape index (κ3) is 3.91. The van der Waals surface area contributed by atoms with E-state index in [9.17, 15) is 9.18 Å². The Bertz CT molecular complexity index is 168. The quantitative estimate of drug-likeness (QED) is 0.475. The summed E-state index contributed by atoms with van der Waals surface area (Å²) < 4.78 is 12.2. The summed E-state index contributed by atoms with van der Waals surface area (Å²) in [6, 6.07) is -0.432. The van der Waals surface area contributed by atoms with E-state index in [-0.39, 0.29) is 5.92 Å². The van der Waals surface area contributed by atoms with Gasteiger partial charge in [0.15, 0.2) is 0 Å². The number of halogens is 1. The van der Waals surface area contributed by atoms with Crippen LogP contribution in [0, 0.1) is 5.92 Å². The van der Waals surface area contributed by atoms with Crippen molar-refractivity contribution in [3.8, 4) is 0 Å². The maximum atomic E-state index is 12.2. The maximum Gasteiger partial charge on any atom is 0.207 e. The minimum atomic E-state index is -0.554. The lowest BCUT2D eigenvalue weighted by Gasteiger charge is -2.16. The first-order valence-corrected chi connectivity index (χ1v) is 3.81. The van der Waals surface area contributed by atoms with Crippen molar-refractivity contribution in [1.29, 1.82) is 0 Å². The van der Waals surface area contributed by atoms with Crippen LogP contribution in [-0.4, -0.2) is 19.1 Å². The van der Waals surface area contributed by atoms with Crippen molar-refractivity contribution in [3.05, 3.63) is 24.8 Å². The number of allylic oxidation sites excluding steroid dienone is 2. The van der Waals surface area contributed by atoms with Crippen molar-refractivity contribution < 1.29 is 9.18 Å². The van der Waals surface area contributed by atoms with Gasteiger partial charge in [0.2, 0.25) is 6.41 Å². The molecule has 1 N–H and O–H groups in total. The molecule has 0 aromatic heterocycles. The Labute approximate surface area is 72.2 Å². The number of rotatable bonds is 6. The van der Waals surface area contributed by atoms with Crippen LogP contribution in [0.25, 0.3) is 0 Å². The van der Waals surface area contributed by atoms with E-state index >= 15 is 0 Å². The second-order valence-electron chi connectivity index (χ2n) is 2.53. The summed E-state index contributed by atoms with van der Waals surface area (Å²) in [4.78, 5) is 10.0. The topological polar surface area (TPSA) is 29.1 Å². The smallest absolute Gasteiger partial charge is 0.207 e. The summed E-state index contributed by atoms with van der Waals surface area (Å²) in [5.74, 6) is -0.0156. The van der Waals surface area contributed by atoms with Crippen molar-refractivity contribution in [1.82, 2.24) is 5.32 Å². The van der Waals surface area contributed by atoms with Crippen LogP contribution in [0.3, 0.4) is 0 Å².